The Kier molecular flexibility index (Phi) is 2.83. The van der Waals surface area contributed by atoms with Crippen molar-refractivity contribution in [3.63, 3.8) is 0 Å². The SMILES string of the molecule is CC(=O)c1cnc(-c2ncc(C)cc2C)s1. The number of aromatic nitrogens is 2. The van der Waals surface area contributed by atoms with Gasteiger partial charge in [-0.25, -0.2) is 4.98 Å². The molecule has 0 unspecified atom stereocenters. The number of hydrogen-bond donors (Lipinski definition) is 0. The minimum absolute atomic E-state index is 0.0496. The predicted octanol–water partition coefficient (Wildman–Crippen LogP) is 3.02. The maximum absolute atomic E-state index is 11.2. The quantitative estimate of drug-likeness (QED) is 0.747. The first kappa shape index (κ1) is 11.0. The van der Waals surface area contributed by atoms with Gasteiger partial charge < -0.3 is 0 Å². The highest BCUT2D eigenvalue weighted by Crippen LogP contribution is 2.26. The summed E-state index contributed by atoms with van der Waals surface area (Å²) in [5.41, 5.74) is 3.08. The summed E-state index contributed by atoms with van der Waals surface area (Å²) in [6.45, 7) is 5.56. The lowest BCUT2D eigenvalue weighted by Gasteiger charge is -2.01. The van der Waals surface area contributed by atoms with E-state index in [4.69, 9.17) is 0 Å². The molecule has 0 aliphatic rings. The van der Waals surface area contributed by atoms with Gasteiger partial charge in [0.25, 0.3) is 0 Å². The van der Waals surface area contributed by atoms with E-state index in [1.807, 2.05) is 20.0 Å². The minimum atomic E-state index is 0.0496. The van der Waals surface area contributed by atoms with Crippen LogP contribution < -0.4 is 0 Å². The van der Waals surface area contributed by atoms with Crippen LogP contribution in [0.1, 0.15) is 27.7 Å². The Morgan fingerprint density at radius 3 is 2.56 bits per heavy atom. The predicted molar refractivity (Wildman–Crippen MR) is 64.8 cm³/mol. The third kappa shape index (κ3) is 2.02. The molecule has 0 saturated heterocycles. The summed E-state index contributed by atoms with van der Waals surface area (Å²) in [6, 6.07) is 2.07. The zero-order valence-corrected chi connectivity index (χ0v) is 10.3. The van der Waals surface area contributed by atoms with Gasteiger partial charge in [-0.2, -0.15) is 0 Å². The van der Waals surface area contributed by atoms with Crippen LogP contribution in [0.25, 0.3) is 10.7 Å². The summed E-state index contributed by atoms with van der Waals surface area (Å²) >= 11 is 1.39. The van der Waals surface area contributed by atoms with E-state index in [1.165, 1.54) is 11.3 Å². The summed E-state index contributed by atoms with van der Waals surface area (Å²) in [4.78, 5) is 20.4. The summed E-state index contributed by atoms with van der Waals surface area (Å²) in [7, 11) is 0. The van der Waals surface area contributed by atoms with Crippen LogP contribution in [0.5, 0.6) is 0 Å². The Bertz CT molecular complexity index is 546. The van der Waals surface area contributed by atoms with E-state index in [9.17, 15) is 4.79 Å². The average molecular weight is 232 g/mol. The monoisotopic (exact) mass is 232 g/mol. The second-order valence-electron chi connectivity index (χ2n) is 3.76. The number of carbonyl (C=O) groups is 1. The van der Waals surface area contributed by atoms with Crippen molar-refractivity contribution in [2.45, 2.75) is 20.8 Å². The van der Waals surface area contributed by atoms with Crippen molar-refractivity contribution in [1.82, 2.24) is 9.97 Å². The lowest BCUT2D eigenvalue weighted by molar-refractivity contribution is 0.102. The van der Waals surface area contributed by atoms with E-state index in [2.05, 4.69) is 16.0 Å². The molecule has 2 aromatic heterocycles. The van der Waals surface area contributed by atoms with E-state index in [0.29, 0.717) is 4.88 Å². The molecule has 0 fully saturated rings. The number of nitrogens with zero attached hydrogens (tertiary/aromatic N) is 2. The zero-order valence-electron chi connectivity index (χ0n) is 9.44. The van der Waals surface area contributed by atoms with E-state index >= 15 is 0 Å². The number of carbonyl (C=O) groups excluding carboxylic acids is 1. The van der Waals surface area contributed by atoms with E-state index in [-0.39, 0.29) is 5.78 Å². The number of hydrogen-bond acceptors (Lipinski definition) is 4. The fourth-order valence-corrected chi connectivity index (χ4v) is 2.36. The largest absolute Gasteiger partial charge is 0.294 e. The van der Waals surface area contributed by atoms with Gasteiger partial charge in [-0.3, -0.25) is 9.78 Å². The number of pyridine rings is 1. The third-order valence-electron chi connectivity index (χ3n) is 2.27. The summed E-state index contributed by atoms with van der Waals surface area (Å²) < 4.78 is 0. The van der Waals surface area contributed by atoms with Gasteiger partial charge in [-0.1, -0.05) is 6.07 Å². The van der Waals surface area contributed by atoms with E-state index in [0.717, 1.165) is 21.8 Å². The molecule has 82 valence electrons. The van der Waals surface area contributed by atoms with Crippen LogP contribution >= 0.6 is 11.3 Å². The number of rotatable bonds is 2. The van der Waals surface area contributed by atoms with E-state index in [1.54, 1.807) is 13.1 Å². The smallest absolute Gasteiger partial charge is 0.171 e. The molecule has 0 aromatic carbocycles. The third-order valence-corrected chi connectivity index (χ3v) is 3.38. The Morgan fingerprint density at radius 2 is 2.00 bits per heavy atom. The van der Waals surface area contributed by atoms with Crippen LogP contribution in [0.4, 0.5) is 0 Å². The van der Waals surface area contributed by atoms with Gasteiger partial charge in [0.15, 0.2) is 5.78 Å². The van der Waals surface area contributed by atoms with Crippen LogP contribution in [-0.4, -0.2) is 15.8 Å². The van der Waals surface area contributed by atoms with Gasteiger partial charge in [-0.05, 0) is 25.0 Å². The number of ketones is 1. The van der Waals surface area contributed by atoms with Crippen LogP contribution in [-0.2, 0) is 0 Å². The van der Waals surface area contributed by atoms with E-state index < -0.39 is 0 Å². The minimum Gasteiger partial charge on any atom is -0.294 e. The van der Waals surface area contributed by atoms with Crippen molar-refractivity contribution in [1.29, 1.82) is 0 Å². The fourth-order valence-electron chi connectivity index (χ4n) is 1.49. The molecule has 0 radical (unpaired) electrons. The normalized spacial score (nSPS) is 10.4. The Hall–Kier alpha value is -1.55. The van der Waals surface area contributed by atoms with Crippen LogP contribution in [0, 0.1) is 13.8 Å². The molecule has 3 nitrogen and oxygen atoms in total. The Labute approximate surface area is 98.2 Å². The topological polar surface area (TPSA) is 42.9 Å². The molecule has 16 heavy (non-hydrogen) atoms. The average Bonchev–Trinajstić information content (AvgIpc) is 2.66. The van der Waals surface area contributed by atoms with Gasteiger partial charge in [-0.15, -0.1) is 11.3 Å². The van der Waals surface area contributed by atoms with Crippen molar-refractivity contribution >= 4 is 17.1 Å². The van der Waals surface area contributed by atoms with Crippen LogP contribution in [0.15, 0.2) is 18.5 Å². The first-order valence-corrected chi connectivity index (χ1v) is 5.80. The second-order valence-corrected chi connectivity index (χ2v) is 4.79. The summed E-state index contributed by atoms with van der Waals surface area (Å²) in [5, 5.41) is 0.808. The number of Topliss-reactive ketones (excluding diaryl/α,β-unsaturated/α-hetero) is 1. The highest BCUT2D eigenvalue weighted by molar-refractivity contribution is 7.16. The van der Waals surface area contributed by atoms with Crippen molar-refractivity contribution in [3.05, 3.63) is 34.5 Å². The highest BCUT2D eigenvalue weighted by atomic mass is 32.1. The van der Waals surface area contributed by atoms with Crippen molar-refractivity contribution in [2.75, 3.05) is 0 Å². The van der Waals surface area contributed by atoms with Crippen molar-refractivity contribution in [3.8, 4) is 10.7 Å². The molecule has 0 aliphatic heterocycles. The molecule has 0 amide bonds. The van der Waals surface area contributed by atoms with Crippen molar-refractivity contribution < 1.29 is 4.79 Å². The Balaban J connectivity index is 2.46. The van der Waals surface area contributed by atoms with Crippen molar-refractivity contribution in [2.24, 2.45) is 0 Å². The van der Waals surface area contributed by atoms with Crippen LogP contribution in [0.2, 0.25) is 0 Å². The summed E-state index contributed by atoms with van der Waals surface area (Å²) in [5.74, 6) is 0.0496. The lowest BCUT2D eigenvalue weighted by Crippen LogP contribution is -1.88. The Morgan fingerprint density at radius 1 is 1.25 bits per heavy atom. The summed E-state index contributed by atoms with van der Waals surface area (Å²) in [6.07, 6.45) is 3.43. The van der Waals surface area contributed by atoms with Gasteiger partial charge in [0.2, 0.25) is 0 Å². The molecule has 2 aromatic rings. The molecule has 2 heterocycles. The molecule has 0 bridgehead atoms. The highest BCUT2D eigenvalue weighted by Gasteiger charge is 2.10. The molecule has 0 N–H and O–H groups in total. The molecular formula is C12H12N2OS. The van der Waals surface area contributed by atoms with Gasteiger partial charge in [0.05, 0.1) is 4.88 Å². The van der Waals surface area contributed by atoms with Gasteiger partial charge >= 0.3 is 0 Å². The first-order valence-electron chi connectivity index (χ1n) is 4.98. The van der Waals surface area contributed by atoms with Crippen LogP contribution in [0.3, 0.4) is 0 Å². The number of thiazole rings is 1. The maximum atomic E-state index is 11.2. The molecule has 2 rings (SSSR count). The molecule has 0 saturated carbocycles. The van der Waals surface area contributed by atoms with Gasteiger partial charge in [0.1, 0.15) is 10.7 Å². The first-order chi connectivity index (χ1) is 7.58. The molecule has 0 atom stereocenters. The molecule has 0 aliphatic carbocycles. The number of aryl methyl sites for hydroxylation is 2. The second kappa shape index (κ2) is 4.14. The fraction of sp³-hybridized carbons (Fsp3) is 0.250. The molecular weight excluding hydrogens is 220 g/mol. The standard InChI is InChI=1S/C12H12N2OS/c1-7-4-8(2)11(13-5-7)12-14-6-10(16-12)9(3)15/h4-6H,1-3H3. The molecule has 4 heteroatoms. The maximum Gasteiger partial charge on any atom is 0.171 e. The lowest BCUT2D eigenvalue weighted by atomic mass is 10.2. The van der Waals surface area contributed by atoms with Gasteiger partial charge in [0, 0.05) is 19.3 Å². The zero-order chi connectivity index (χ0) is 11.7. The molecule has 0 spiro atoms.